The summed E-state index contributed by atoms with van der Waals surface area (Å²) >= 11 is 0. The number of rotatable bonds is 2. The van der Waals surface area contributed by atoms with Crippen LogP contribution in [-0.2, 0) is 0 Å². The molecule has 2 rings (SSSR count). The summed E-state index contributed by atoms with van der Waals surface area (Å²) in [4.78, 5) is 0. The van der Waals surface area contributed by atoms with Gasteiger partial charge in [-0.25, -0.2) is 4.39 Å². The van der Waals surface area contributed by atoms with Crippen molar-refractivity contribution in [1.82, 2.24) is 5.32 Å². The summed E-state index contributed by atoms with van der Waals surface area (Å²) in [7, 11) is 0. The third-order valence-corrected chi connectivity index (χ3v) is 2.74. The van der Waals surface area contributed by atoms with Crippen LogP contribution in [0.3, 0.4) is 0 Å². The minimum absolute atomic E-state index is 0.0633. The van der Waals surface area contributed by atoms with Crippen LogP contribution < -0.4 is 5.32 Å². The molecule has 1 heterocycles. The maximum atomic E-state index is 13.4. The zero-order valence-corrected chi connectivity index (χ0v) is 7.91. The second-order valence-corrected chi connectivity index (χ2v) is 3.70. The molecule has 0 aromatic heterocycles. The zero-order valence-electron chi connectivity index (χ0n) is 7.91. The van der Waals surface area contributed by atoms with Gasteiger partial charge >= 0.3 is 0 Å². The van der Waals surface area contributed by atoms with Gasteiger partial charge in [-0.05, 0) is 18.9 Å². The van der Waals surface area contributed by atoms with Crippen LogP contribution in [0.5, 0.6) is 0 Å². The Hall–Kier alpha value is -0.930. The van der Waals surface area contributed by atoms with Crippen molar-refractivity contribution in [2.75, 3.05) is 6.61 Å². The normalized spacial score (nSPS) is 26.7. The summed E-state index contributed by atoms with van der Waals surface area (Å²) in [5.41, 5.74) is 0.712. The van der Waals surface area contributed by atoms with Crippen LogP contribution in [0.15, 0.2) is 24.3 Å². The van der Waals surface area contributed by atoms with Crippen LogP contribution >= 0.6 is 0 Å². The molecule has 0 bridgehead atoms. The van der Waals surface area contributed by atoms with Crippen LogP contribution in [0.2, 0.25) is 0 Å². The topological polar surface area (TPSA) is 32.3 Å². The molecular formula is C11H14FNO. The first-order valence-electron chi connectivity index (χ1n) is 4.92. The molecule has 1 aliphatic heterocycles. The van der Waals surface area contributed by atoms with Gasteiger partial charge in [-0.2, -0.15) is 0 Å². The van der Waals surface area contributed by atoms with Gasteiger partial charge in [0, 0.05) is 17.6 Å². The molecule has 1 saturated heterocycles. The highest BCUT2D eigenvalue weighted by atomic mass is 19.1. The summed E-state index contributed by atoms with van der Waals surface area (Å²) in [5, 5.41) is 12.2. The fourth-order valence-corrected chi connectivity index (χ4v) is 1.97. The monoisotopic (exact) mass is 195 g/mol. The van der Waals surface area contributed by atoms with Crippen molar-refractivity contribution in [3.05, 3.63) is 35.6 Å². The van der Waals surface area contributed by atoms with Gasteiger partial charge in [-0.3, -0.25) is 0 Å². The van der Waals surface area contributed by atoms with Crippen LogP contribution in [-0.4, -0.2) is 17.8 Å². The van der Waals surface area contributed by atoms with E-state index in [1.165, 1.54) is 6.07 Å². The molecule has 0 amide bonds. The van der Waals surface area contributed by atoms with Gasteiger partial charge in [0.15, 0.2) is 0 Å². The third-order valence-electron chi connectivity index (χ3n) is 2.74. The van der Waals surface area contributed by atoms with E-state index < -0.39 is 0 Å². The molecule has 1 aromatic carbocycles. The Kier molecular flexibility index (Phi) is 2.79. The van der Waals surface area contributed by atoms with Gasteiger partial charge in [0.05, 0.1) is 6.61 Å². The second kappa shape index (κ2) is 4.07. The van der Waals surface area contributed by atoms with Gasteiger partial charge in [-0.15, -0.1) is 0 Å². The Morgan fingerprint density at radius 3 is 2.79 bits per heavy atom. The average molecular weight is 195 g/mol. The van der Waals surface area contributed by atoms with E-state index in [1.54, 1.807) is 12.1 Å². The van der Waals surface area contributed by atoms with Gasteiger partial charge in [0.2, 0.25) is 0 Å². The summed E-state index contributed by atoms with van der Waals surface area (Å²) in [6.07, 6.45) is 1.81. The molecule has 1 fully saturated rings. The molecular weight excluding hydrogens is 181 g/mol. The summed E-state index contributed by atoms with van der Waals surface area (Å²) < 4.78 is 13.4. The van der Waals surface area contributed by atoms with Crippen molar-refractivity contribution >= 4 is 0 Å². The van der Waals surface area contributed by atoms with E-state index >= 15 is 0 Å². The number of aliphatic hydroxyl groups excluding tert-OH is 1. The molecule has 76 valence electrons. The van der Waals surface area contributed by atoms with E-state index in [1.807, 2.05) is 6.07 Å². The Morgan fingerprint density at radius 2 is 2.14 bits per heavy atom. The number of hydrogen-bond donors (Lipinski definition) is 2. The zero-order chi connectivity index (χ0) is 9.97. The number of nitrogens with one attached hydrogen (secondary N) is 1. The van der Waals surface area contributed by atoms with E-state index in [0.717, 1.165) is 12.8 Å². The quantitative estimate of drug-likeness (QED) is 0.751. The molecule has 1 aliphatic rings. The smallest absolute Gasteiger partial charge is 0.127 e. The minimum Gasteiger partial charge on any atom is -0.395 e. The molecule has 2 atom stereocenters. The summed E-state index contributed by atoms with van der Waals surface area (Å²) in [5.74, 6) is -0.163. The van der Waals surface area contributed by atoms with Gasteiger partial charge in [0.25, 0.3) is 0 Å². The molecule has 2 N–H and O–H groups in total. The van der Waals surface area contributed by atoms with Crippen molar-refractivity contribution in [2.45, 2.75) is 24.9 Å². The number of benzene rings is 1. The predicted octanol–water partition coefficient (Wildman–Crippen LogP) is 1.61. The standard InChI is InChI=1S/C11H14FNO/c12-10-4-2-1-3-9(10)11-6-5-8(7-14)13-11/h1-4,8,11,13-14H,5-7H2. The van der Waals surface area contributed by atoms with E-state index in [2.05, 4.69) is 5.32 Å². The molecule has 14 heavy (non-hydrogen) atoms. The van der Waals surface area contributed by atoms with Crippen molar-refractivity contribution in [1.29, 1.82) is 0 Å². The molecule has 0 radical (unpaired) electrons. The summed E-state index contributed by atoms with van der Waals surface area (Å²) in [6.45, 7) is 0.130. The Balaban J connectivity index is 2.13. The van der Waals surface area contributed by atoms with Crippen LogP contribution in [0.4, 0.5) is 4.39 Å². The molecule has 3 heteroatoms. The molecule has 2 nitrogen and oxygen atoms in total. The highest BCUT2D eigenvalue weighted by molar-refractivity contribution is 5.22. The molecule has 0 spiro atoms. The van der Waals surface area contributed by atoms with E-state index in [-0.39, 0.29) is 24.5 Å². The van der Waals surface area contributed by atoms with Crippen LogP contribution in [0, 0.1) is 5.82 Å². The van der Waals surface area contributed by atoms with E-state index in [9.17, 15) is 4.39 Å². The highest BCUT2D eigenvalue weighted by Crippen LogP contribution is 2.27. The van der Waals surface area contributed by atoms with Gasteiger partial charge < -0.3 is 10.4 Å². The molecule has 2 unspecified atom stereocenters. The SMILES string of the molecule is OCC1CCC(c2ccccc2F)N1. The van der Waals surface area contributed by atoms with Crippen molar-refractivity contribution in [3.8, 4) is 0 Å². The minimum atomic E-state index is -0.163. The lowest BCUT2D eigenvalue weighted by Gasteiger charge is -2.13. The van der Waals surface area contributed by atoms with Crippen molar-refractivity contribution in [3.63, 3.8) is 0 Å². The predicted molar refractivity (Wildman–Crippen MR) is 52.4 cm³/mol. The lowest BCUT2D eigenvalue weighted by molar-refractivity contribution is 0.251. The molecule has 0 saturated carbocycles. The van der Waals surface area contributed by atoms with Crippen molar-refractivity contribution in [2.24, 2.45) is 0 Å². The fourth-order valence-electron chi connectivity index (χ4n) is 1.97. The van der Waals surface area contributed by atoms with E-state index in [0.29, 0.717) is 5.56 Å². The first-order chi connectivity index (χ1) is 6.81. The second-order valence-electron chi connectivity index (χ2n) is 3.70. The van der Waals surface area contributed by atoms with Crippen molar-refractivity contribution < 1.29 is 9.50 Å². The Bertz CT molecular complexity index is 316. The lowest BCUT2D eigenvalue weighted by atomic mass is 10.0. The third kappa shape index (κ3) is 1.79. The lowest BCUT2D eigenvalue weighted by Crippen LogP contribution is -2.27. The Labute approximate surface area is 82.8 Å². The maximum absolute atomic E-state index is 13.4. The average Bonchev–Trinajstić information content (AvgIpc) is 2.67. The molecule has 1 aromatic rings. The van der Waals surface area contributed by atoms with Gasteiger partial charge in [-0.1, -0.05) is 18.2 Å². The van der Waals surface area contributed by atoms with Crippen LogP contribution in [0.25, 0.3) is 0 Å². The van der Waals surface area contributed by atoms with E-state index in [4.69, 9.17) is 5.11 Å². The molecule has 0 aliphatic carbocycles. The fraction of sp³-hybridized carbons (Fsp3) is 0.455. The first kappa shape index (κ1) is 9.62. The van der Waals surface area contributed by atoms with Crippen LogP contribution in [0.1, 0.15) is 24.4 Å². The highest BCUT2D eigenvalue weighted by Gasteiger charge is 2.25. The Morgan fingerprint density at radius 1 is 1.36 bits per heavy atom. The maximum Gasteiger partial charge on any atom is 0.127 e. The van der Waals surface area contributed by atoms with Gasteiger partial charge in [0.1, 0.15) is 5.82 Å². The summed E-state index contributed by atoms with van der Waals surface area (Å²) in [6, 6.07) is 6.99. The largest absolute Gasteiger partial charge is 0.395 e. The first-order valence-corrected chi connectivity index (χ1v) is 4.92. The number of halogens is 1. The number of aliphatic hydroxyl groups is 1. The number of hydrogen-bond acceptors (Lipinski definition) is 2.